The van der Waals surface area contributed by atoms with Crippen LogP contribution in [0.5, 0.6) is 0 Å². The van der Waals surface area contributed by atoms with E-state index in [1.54, 1.807) is 0 Å². The van der Waals surface area contributed by atoms with Crippen molar-refractivity contribution in [3.63, 3.8) is 0 Å². The molecule has 4 heteroatoms. The van der Waals surface area contributed by atoms with Gasteiger partial charge >= 0.3 is 6.18 Å². The standard InChI is InChI=1S/C11H18F3N/c12-11(13,14)10(5-2-1-3-6-10)9-4-7-15-8-9/h9,15H,1-8H2. The van der Waals surface area contributed by atoms with Gasteiger partial charge < -0.3 is 5.32 Å². The molecule has 0 amide bonds. The molecule has 1 aliphatic carbocycles. The maximum Gasteiger partial charge on any atom is 0.394 e. The summed E-state index contributed by atoms with van der Waals surface area (Å²) < 4.78 is 39.7. The van der Waals surface area contributed by atoms with Gasteiger partial charge in [0.15, 0.2) is 0 Å². The molecule has 0 spiro atoms. The monoisotopic (exact) mass is 221 g/mol. The van der Waals surface area contributed by atoms with E-state index in [4.69, 9.17) is 0 Å². The first-order chi connectivity index (χ1) is 7.06. The van der Waals surface area contributed by atoms with Gasteiger partial charge in [0, 0.05) is 0 Å². The largest absolute Gasteiger partial charge is 0.394 e. The number of hydrogen-bond donors (Lipinski definition) is 1. The minimum atomic E-state index is -4.01. The fourth-order valence-corrected chi connectivity index (χ4v) is 3.23. The van der Waals surface area contributed by atoms with Crippen LogP contribution in [0.3, 0.4) is 0 Å². The molecule has 0 bridgehead atoms. The highest BCUT2D eigenvalue weighted by molar-refractivity contribution is 4.97. The van der Waals surface area contributed by atoms with Gasteiger partial charge in [-0.2, -0.15) is 13.2 Å². The molecule has 0 aromatic rings. The topological polar surface area (TPSA) is 12.0 Å². The normalized spacial score (nSPS) is 31.8. The van der Waals surface area contributed by atoms with Crippen molar-refractivity contribution >= 4 is 0 Å². The van der Waals surface area contributed by atoms with E-state index < -0.39 is 11.6 Å². The lowest BCUT2D eigenvalue weighted by Crippen LogP contribution is -2.46. The maximum absolute atomic E-state index is 13.2. The van der Waals surface area contributed by atoms with Crippen LogP contribution >= 0.6 is 0 Å². The lowest BCUT2D eigenvalue weighted by atomic mass is 9.65. The van der Waals surface area contributed by atoms with Crippen molar-refractivity contribution in [1.82, 2.24) is 5.32 Å². The molecule has 1 saturated carbocycles. The van der Waals surface area contributed by atoms with Gasteiger partial charge in [-0.1, -0.05) is 19.3 Å². The zero-order valence-electron chi connectivity index (χ0n) is 8.87. The Morgan fingerprint density at radius 2 is 1.73 bits per heavy atom. The Bertz CT molecular complexity index is 212. The minimum absolute atomic E-state index is 0.183. The van der Waals surface area contributed by atoms with Crippen molar-refractivity contribution in [2.24, 2.45) is 11.3 Å². The third-order valence-electron chi connectivity index (χ3n) is 4.15. The fraction of sp³-hybridized carbons (Fsp3) is 1.00. The maximum atomic E-state index is 13.2. The lowest BCUT2D eigenvalue weighted by molar-refractivity contribution is -0.252. The first-order valence-electron chi connectivity index (χ1n) is 5.84. The van der Waals surface area contributed by atoms with Gasteiger partial charge in [0.25, 0.3) is 0 Å². The van der Waals surface area contributed by atoms with Gasteiger partial charge in [0.05, 0.1) is 5.41 Å². The van der Waals surface area contributed by atoms with Crippen molar-refractivity contribution < 1.29 is 13.2 Å². The second kappa shape index (κ2) is 3.96. The van der Waals surface area contributed by atoms with Crippen molar-refractivity contribution in [1.29, 1.82) is 0 Å². The summed E-state index contributed by atoms with van der Waals surface area (Å²) in [6.45, 7) is 1.31. The zero-order valence-corrected chi connectivity index (χ0v) is 8.87. The molecule has 0 radical (unpaired) electrons. The predicted octanol–water partition coefficient (Wildman–Crippen LogP) is 3.11. The summed E-state index contributed by atoms with van der Waals surface area (Å²) >= 11 is 0. The first-order valence-corrected chi connectivity index (χ1v) is 5.84. The van der Waals surface area contributed by atoms with E-state index in [-0.39, 0.29) is 5.92 Å². The van der Waals surface area contributed by atoms with Crippen LogP contribution in [0.25, 0.3) is 0 Å². The molecular weight excluding hydrogens is 203 g/mol. The molecule has 1 N–H and O–H groups in total. The van der Waals surface area contributed by atoms with Gasteiger partial charge in [0.2, 0.25) is 0 Å². The first kappa shape index (κ1) is 11.2. The molecule has 1 saturated heterocycles. The van der Waals surface area contributed by atoms with E-state index in [0.29, 0.717) is 25.8 Å². The van der Waals surface area contributed by atoms with Crippen LogP contribution in [0, 0.1) is 11.3 Å². The number of alkyl halides is 3. The van der Waals surface area contributed by atoms with Crippen molar-refractivity contribution in [2.75, 3.05) is 13.1 Å². The van der Waals surface area contributed by atoms with Crippen LogP contribution in [0.15, 0.2) is 0 Å². The highest BCUT2D eigenvalue weighted by atomic mass is 19.4. The summed E-state index contributed by atoms with van der Waals surface area (Å²) in [6.07, 6.45) is -0.153. The second-order valence-corrected chi connectivity index (χ2v) is 4.90. The molecule has 1 atom stereocenters. The SMILES string of the molecule is FC(F)(F)C1(C2CCNC2)CCCCC1. The zero-order chi connectivity index (χ0) is 10.9. The van der Waals surface area contributed by atoms with Gasteiger partial charge in [-0.15, -0.1) is 0 Å². The molecule has 0 aromatic heterocycles. The lowest BCUT2D eigenvalue weighted by Gasteiger charge is -2.43. The molecular formula is C11H18F3N. The molecule has 88 valence electrons. The molecule has 2 rings (SSSR count). The summed E-state index contributed by atoms with van der Waals surface area (Å²) in [6, 6.07) is 0. The van der Waals surface area contributed by atoms with Crippen molar-refractivity contribution in [3.8, 4) is 0 Å². The van der Waals surface area contributed by atoms with Gasteiger partial charge in [-0.05, 0) is 38.3 Å². The molecule has 2 aliphatic rings. The van der Waals surface area contributed by atoms with Crippen molar-refractivity contribution in [3.05, 3.63) is 0 Å². The Kier molecular flexibility index (Phi) is 2.97. The van der Waals surface area contributed by atoms with Crippen LogP contribution in [0.4, 0.5) is 13.2 Å². The minimum Gasteiger partial charge on any atom is -0.316 e. The summed E-state index contributed by atoms with van der Waals surface area (Å²) in [7, 11) is 0. The molecule has 0 aromatic carbocycles. The fourth-order valence-electron chi connectivity index (χ4n) is 3.23. The van der Waals surface area contributed by atoms with Gasteiger partial charge in [-0.3, -0.25) is 0 Å². The average Bonchev–Trinajstić information content (AvgIpc) is 2.70. The molecule has 1 unspecified atom stereocenters. The van der Waals surface area contributed by atoms with Crippen LogP contribution in [0.2, 0.25) is 0 Å². The Balaban J connectivity index is 2.20. The quantitative estimate of drug-likeness (QED) is 0.717. The van der Waals surface area contributed by atoms with Crippen molar-refractivity contribution in [2.45, 2.75) is 44.7 Å². The molecule has 1 nitrogen and oxygen atoms in total. The van der Waals surface area contributed by atoms with E-state index in [1.165, 1.54) is 0 Å². The summed E-state index contributed by atoms with van der Waals surface area (Å²) in [4.78, 5) is 0. The predicted molar refractivity (Wildman–Crippen MR) is 52.5 cm³/mol. The van der Waals surface area contributed by atoms with E-state index >= 15 is 0 Å². The molecule has 1 heterocycles. The Hall–Kier alpha value is -0.250. The third-order valence-corrected chi connectivity index (χ3v) is 4.15. The Morgan fingerprint density at radius 1 is 1.07 bits per heavy atom. The number of rotatable bonds is 1. The van der Waals surface area contributed by atoms with Crippen LogP contribution in [-0.4, -0.2) is 19.3 Å². The van der Waals surface area contributed by atoms with E-state index in [9.17, 15) is 13.2 Å². The van der Waals surface area contributed by atoms with Gasteiger partial charge in [0.1, 0.15) is 0 Å². The van der Waals surface area contributed by atoms with E-state index in [2.05, 4.69) is 5.32 Å². The van der Waals surface area contributed by atoms with E-state index in [1.807, 2.05) is 0 Å². The van der Waals surface area contributed by atoms with Crippen LogP contribution in [-0.2, 0) is 0 Å². The molecule has 1 aliphatic heterocycles. The Morgan fingerprint density at radius 3 is 2.20 bits per heavy atom. The van der Waals surface area contributed by atoms with E-state index in [0.717, 1.165) is 25.8 Å². The summed E-state index contributed by atoms with van der Waals surface area (Å²) in [5.74, 6) is -0.183. The number of nitrogens with one attached hydrogen (secondary N) is 1. The highest BCUT2D eigenvalue weighted by Gasteiger charge is 2.58. The Labute approximate surface area is 88.4 Å². The smallest absolute Gasteiger partial charge is 0.316 e. The summed E-state index contributed by atoms with van der Waals surface area (Å²) in [5, 5.41) is 3.07. The number of hydrogen-bond acceptors (Lipinski definition) is 1. The van der Waals surface area contributed by atoms with Crippen LogP contribution < -0.4 is 5.32 Å². The highest BCUT2D eigenvalue weighted by Crippen LogP contribution is 2.55. The molecule has 2 fully saturated rings. The summed E-state index contributed by atoms with van der Waals surface area (Å²) in [5.41, 5.74) is -1.37. The third kappa shape index (κ3) is 1.88. The molecule has 15 heavy (non-hydrogen) atoms. The average molecular weight is 221 g/mol. The second-order valence-electron chi connectivity index (χ2n) is 4.90. The van der Waals surface area contributed by atoms with Crippen LogP contribution in [0.1, 0.15) is 38.5 Å². The van der Waals surface area contributed by atoms with Gasteiger partial charge in [-0.25, -0.2) is 0 Å². The number of halogens is 3.